The normalized spacial score (nSPS) is 19.9. The van der Waals surface area contributed by atoms with Gasteiger partial charge in [0.15, 0.2) is 0 Å². The van der Waals surface area contributed by atoms with Gasteiger partial charge >= 0.3 is 0 Å². The highest BCUT2D eigenvalue weighted by Crippen LogP contribution is 2.38. The van der Waals surface area contributed by atoms with Gasteiger partial charge in [0, 0.05) is 57.8 Å². The molecule has 0 heterocycles. The molecular formula is C28H44N4O2. The van der Waals surface area contributed by atoms with E-state index >= 15 is 0 Å². The zero-order valence-corrected chi connectivity index (χ0v) is 22.1. The Hall–Kier alpha value is -2.57. The fraction of sp³-hybridized carbons (Fsp3) is 0.536. The van der Waals surface area contributed by atoms with Crippen molar-refractivity contribution in [1.29, 1.82) is 0 Å². The molecule has 0 aromatic heterocycles. The number of hydrogen-bond acceptors (Lipinski definition) is 5. The summed E-state index contributed by atoms with van der Waals surface area (Å²) in [6, 6.07) is 7.67. The molecule has 1 aliphatic carbocycles. The predicted octanol–water partition coefficient (Wildman–Crippen LogP) is 3.49. The predicted molar refractivity (Wildman–Crippen MR) is 141 cm³/mol. The Balaban J connectivity index is 2.26. The zero-order valence-electron chi connectivity index (χ0n) is 22.1. The summed E-state index contributed by atoms with van der Waals surface area (Å²) < 4.78 is 5.30. The summed E-state index contributed by atoms with van der Waals surface area (Å²) in [5, 5.41) is 3.18. The Labute approximate surface area is 206 Å². The smallest absolute Gasteiger partial charge is 0.251 e. The Kier molecular flexibility index (Phi) is 10.4. The van der Waals surface area contributed by atoms with Gasteiger partial charge in [-0.25, -0.2) is 0 Å². The van der Waals surface area contributed by atoms with Crippen molar-refractivity contribution in [2.75, 3.05) is 41.4 Å². The van der Waals surface area contributed by atoms with E-state index in [2.05, 4.69) is 48.8 Å². The van der Waals surface area contributed by atoms with Gasteiger partial charge in [-0.3, -0.25) is 4.79 Å². The molecule has 34 heavy (non-hydrogen) atoms. The van der Waals surface area contributed by atoms with E-state index < -0.39 is 0 Å². The lowest BCUT2D eigenvalue weighted by molar-refractivity contribution is -0.118. The topological polar surface area (TPSA) is 70.8 Å². The number of allylic oxidation sites excluding steroid dienone is 2. The molecule has 6 heteroatoms. The van der Waals surface area contributed by atoms with Crippen LogP contribution in [0.25, 0.3) is 0 Å². The Bertz CT molecular complexity index is 905. The van der Waals surface area contributed by atoms with Crippen molar-refractivity contribution in [2.45, 2.75) is 45.7 Å². The van der Waals surface area contributed by atoms with Crippen molar-refractivity contribution in [1.82, 2.24) is 15.1 Å². The van der Waals surface area contributed by atoms with E-state index in [0.29, 0.717) is 24.5 Å². The molecule has 6 nitrogen and oxygen atoms in total. The lowest BCUT2D eigenvalue weighted by Crippen LogP contribution is -2.51. The third-order valence-corrected chi connectivity index (χ3v) is 6.66. The number of hydrogen-bond donors (Lipinski definition) is 2. The van der Waals surface area contributed by atoms with Crippen molar-refractivity contribution < 1.29 is 9.53 Å². The van der Waals surface area contributed by atoms with E-state index in [1.165, 1.54) is 12.0 Å². The number of carbonyl (C=O) groups is 1. The number of benzene rings is 1. The molecule has 0 spiro atoms. The van der Waals surface area contributed by atoms with Crippen molar-refractivity contribution in [3.8, 4) is 0 Å². The molecular weight excluding hydrogens is 424 g/mol. The number of carbonyl (C=O) groups excluding carboxylic acids is 1. The molecule has 1 fully saturated rings. The zero-order chi connectivity index (χ0) is 25.4. The number of rotatable bonds is 13. The molecule has 0 saturated heterocycles. The molecule has 3 N–H and O–H groups in total. The highest BCUT2D eigenvalue weighted by Gasteiger charge is 2.33. The molecule has 1 aliphatic rings. The molecule has 1 saturated carbocycles. The number of amides is 1. The fourth-order valence-electron chi connectivity index (χ4n) is 3.90. The van der Waals surface area contributed by atoms with Crippen molar-refractivity contribution in [3.05, 3.63) is 71.1 Å². The first-order valence-electron chi connectivity index (χ1n) is 12.1. The molecule has 4 atom stereocenters. The second-order valence-electron chi connectivity index (χ2n) is 10.0. The van der Waals surface area contributed by atoms with E-state index in [1.807, 2.05) is 51.2 Å². The second-order valence-corrected chi connectivity index (χ2v) is 10.0. The maximum Gasteiger partial charge on any atom is 0.251 e. The van der Waals surface area contributed by atoms with E-state index in [1.54, 1.807) is 7.11 Å². The van der Waals surface area contributed by atoms with Crippen LogP contribution in [0.2, 0.25) is 0 Å². The van der Waals surface area contributed by atoms with Crippen LogP contribution in [0.5, 0.6) is 0 Å². The number of likely N-dealkylation sites (N-methyl/N-ethyl adjacent to an activating group) is 1. The molecule has 0 radical (unpaired) electrons. The number of methoxy groups -OCH3 is 1. The third-order valence-electron chi connectivity index (χ3n) is 6.66. The lowest BCUT2D eigenvalue weighted by atomic mass is 9.98. The molecule has 0 bridgehead atoms. The number of nitrogens with one attached hydrogen (secondary N) is 1. The lowest BCUT2D eigenvalue weighted by Gasteiger charge is -2.26. The molecule has 2 rings (SSSR count). The summed E-state index contributed by atoms with van der Waals surface area (Å²) in [6.45, 7) is 11.9. The van der Waals surface area contributed by atoms with E-state index in [-0.39, 0.29) is 18.0 Å². The third kappa shape index (κ3) is 8.65. The van der Waals surface area contributed by atoms with Gasteiger partial charge in [0.05, 0.1) is 12.6 Å². The quantitative estimate of drug-likeness (QED) is 0.343. The highest BCUT2D eigenvalue weighted by molar-refractivity contribution is 5.97. The van der Waals surface area contributed by atoms with Gasteiger partial charge in [0.1, 0.15) is 0 Å². The van der Waals surface area contributed by atoms with Crippen molar-refractivity contribution in [3.63, 3.8) is 0 Å². The number of nitrogens with two attached hydrogens (primary N) is 1. The van der Waals surface area contributed by atoms with E-state index in [0.717, 1.165) is 29.4 Å². The maximum absolute atomic E-state index is 13.5. The fourth-order valence-corrected chi connectivity index (χ4v) is 3.90. The molecule has 0 aliphatic heterocycles. The van der Waals surface area contributed by atoms with Crippen LogP contribution in [0.15, 0.2) is 60.0 Å². The van der Waals surface area contributed by atoms with Crippen LogP contribution >= 0.6 is 0 Å². The summed E-state index contributed by atoms with van der Waals surface area (Å²) in [4.78, 5) is 17.7. The maximum atomic E-state index is 13.5. The average molecular weight is 469 g/mol. The summed E-state index contributed by atoms with van der Waals surface area (Å²) >= 11 is 0. The van der Waals surface area contributed by atoms with E-state index in [9.17, 15) is 4.79 Å². The van der Waals surface area contributed by atoms with Crippen LogP contribution in [0.1, 0.15) is 31.4 Å². The van der Waals surface area contributed by atoms with Gasteiger partial charge in [0.25, 0.3) is 5.91 Å². The minimum atomic E-state index is -0.336. The minimum absolute atomic E-state index is 0.167. The Morgan fingerprint density at radius 3 is 2.56 bits per heavy atom. The van der Waals surface area contributed by atoms with Gasteiger partial charge in [-0.05, 0) is 56.2 Å². The van der Waals surface area contributed by atoms with E-state index in [4.69, 9.17) is 10.5 Å². The van der Waals surface area contributed by atoms with Crippen LogP contribution < -0.4 is 11.1 Å². The van der Waals surface area contributed by atoms with Crippen molar-refractivity contribution in [2.24, 2.45) is 17.6 Å². The van der Waals surface area contributed by atoms with Gasteiger partial charge in [-0.1, -0.05) is 43.3 Å². The molecule has 1 aromatic rings. The molecule has 2 unspecified atom stereocenters. The molecule has 188 valence electrons. The summed E-state index contributed by atoms with van der Waals surface area (Å²) in [5.41, 5.74) is 11.1. The molecule has 1 aromatic carbocycles. The number of nitrogens with zero attached hydrogens (tertiary/aromatic N) is 2. The monoisotopic (exact) mass is 468 g/mol. The standard InChI is InChI=1S/C28H44N4O2/c1-19-10-9-11-23(12-19)16-27(26(29)18-34-8)30-28(33)24(14-21(3)31(5)6)15-22(4)32(7)17-25-13-20(25)2/h9-12,14-15,20,25-27H,4,13,16-18,29H2,1-3,5-8H3,(H,30,33)/b21-14+,24-15+/t20-,25?,26?,27-/m0/s1. The van der Waals surface area contributed by atoms with Crippen LogP contribution in [-0.4, -0.2) is 69.2 Å². The SMILES string of the molecule is C=C(/C=C(\C=C(/C)N(C)C)C(=O)N[C@@H](Cc1cccc(C)c1)C(N)COC)N(C)CC1C[C@@H]1C. The largest absolute Gasteiger partial charge is 0.383 e. The molecule has 1 amide bonds. The van der Waals surface area contributed by atoms with Crippen LogP contribution in [0, 0.1) is 18.8 Å². The Morgan fingerprint density at radius 1 is 1.32 bits per heavy atom. The summed E-state index contributed by atoms with van der Waals surface area (Å²) in [5.74, 6) is 1.31. The first-order valence-corrected chi connectivity index (χ1v) is 12.1. The highest BCUT2D eigenvalue weighted by atomic mass is 16.5. The first-order chi connectivity index (χ1) is 16.0. The average Bonchev–Trinajstić information content (AvgIpc) is 3.46. The first kappa shape index (κ1) is 27.7. The minimum Gasteiger partial charge on any atom is -0.383 e. The van der Waals surface area contributed by atoms with Crippen LogP contribution in [0.4, 0.5) is 0 Å². The van der Waals surface area contributed by atoms with Crippen LogP contribution in [0.3, 0.4) is 0 Å². The Morgan fingerprint density at radius 2 is 2.00 bits per heavy atom. The van der Waals surface area contributed by atoms with Gasteiger partial charge in [-0.15, -0.1) is 0 Å². The van der Waals surface area contributed by atoms with Gasteiger partial charge in [0.2, 0.25) is 0 Å². The second kappa shape index (κ2) is 12.8. The van der Waals surface area contributed by atoms with Crippen molar-refractivity contribution >= 4 is 5.91 Å². The summed E-state index contributed by atoms with van der Waals surface area (Å²) in [7, 11) is 7.59. The number of aryl methyl sites for hydroxylation is 1. The van der Waals surface area contributed by atoms with Crippen LogP contribution in [-0.2, 0) is 16.0 Å². The van der Waals surface area contributed by atoms with Gasteiger partial charge in [-0.2, -0.15) is 0 Å². The number of ether oxygens (including phenoxy) is 1. The summed E-state index contributed by atoms with van der Waals surface area (Å²) in [6.07, 6.45) is 5.66. The van der Waals surface area contributed by atoms with Gasteiger partial charge < -0.3 is 25.6 Å².